The van der Waals surface area contributed by atoms with Gasteiger partial charge in [0.25, 0.3) is 11.4 Å². The van der Waals surface area contributed by atoms with Crippen LogP contribution in [0.2, 0.25) is 0 Å². The Kier molecular flexibility index (Phi) is 14.8. The van der Waals surface area contributed by atoms with E-state index in [0.717, 1.165) is 20.9 Å². The molecule has 0 saturated heterocycles. The summed E-state index contributed by atoms with van der Waals surface area (Å²) in [5.41, 5.74) is 2.49. The number of aryl methyl sites for hydroxylation is 2. The van der Waals surface area contributed by atoms with E-state index in [1.54, 1.807) is 23.9 Å². The summed E-state index contributed by atoms with van der Waals surface area (Å²) < 4.78 is 25.8. The second kappa shape index (κ2) is 17.0. The molecule has 0 aliphatic heterocycles. The zero-order chi connectivity index (χ0) is 29.0. The van der Waals surface area contributed by atoms with Crippen LogP contribution in [0.1, 0.15) is 11.1 Å². The second-order valence-corrected chi connectivity index (χ2v) is 11.2. The van der Waals surface area contributed by atoms with Crippen LogP contribution in [-0.4, -0.2) is 24.5 Å². The molecule has 204 valence electrons. The number of nitrogens with zero attached hydrogens (tertiary/aromatic N) is 2. The van der Waals surface area contributed by atoms with Gasteiger partial charge in [0.05, 0.1) is 16.1 Å². The number of nitro benzene ring substituents is 2. The van der Waals surface area contributed by atoms with Crippen LogP contribution in [0.5, 0.6) is 5.75 Å². The largest absolute Gasteiger partial charge is 1.00 e. The molecule has 13 heteroatoms. The van der Waals surface area contributed by atoms with Crippen LogP contribution in [0.15, 0.2) is 112 Å². The summed E-state index contributed by atoms with van der Waals surface area (Å²) in [5, 5.41) is 20.8. The van der Waals surface area contributed by atoms with E-state index in [1.807, 2.05) is 55.5 Å². The van der Waals surface area contributed by atoms with E-state index in [1.165, 1.54) is 47.5 Å². The smallest absolute Gasteiger partial charge is 0.780 e. The van der Waals surface area contributed by atoms with Gasteiger partial charge in [-0.1, -0.05) is 59.3 Å². The van der Waals surface area contributed by atoms with Crippen LogP contribution in [0, 0.1) is 34.1 Å². The third-order valence-corrected chi connectivity index (χ3v) is 6.40. The molecule has 4 aromatic carbocycles. The second-order valence-electron chi connectivity index (χ2n) is 8.02. The molecule has 0 bridgehead atoms. The van der Waals surface area contributed by atoms with Crippen molar-refractivity contribution < 1.29 is 52.0 Å². The Morgan fingerprint density at radius 3 is 1.38 bits per heavy atom. The van der Waals surface area contributed by atoms with E-state index in [-0.39, 0.29) is 51.6 Å². The maximum atomic E-state index is 10.7. The monoisotopic (exact) mass is 608 g/mol. The number of hydrogen-bond acceptors (Lipinski definition) is 9. The fourth-order valence-electron chi connectivity index (χ4n) is 2.71. The maximum absolute atomic E-state index is 10.7. The van der Waals surface area contributed by atoms with Gasteiger partial charge in [-0.2, -0.15) is 13.3 Å². The predicted octanol–water partition coefficient (Wildman–Crippen LogP) is 3.89. The Morgan fingerprint density at radius 1 is 0.675 bits per heavy atom. The third-order valence-electron chi connectivity index (χ3n) is 4.62. The molecule has 4 rings (SSSR count). The summed E-state index contributed by atoms with van der Waals surface area (Å²) in [6.45, 7) is 4.09. The number of hydrogen-bond donors (Lipinski definition) is 0. The zero-order valence-electron chi connectivity index (χ0n) is 22.2. The molecule has 0 amide bonds. The van der Waals surface area contributed by atoms with Crippen molar-refractivity contribution in [2.75, 3.05) is 6.26 Å². The van der Waals surface area contributed by atoms with Crippen molar-refractivity contribution >= 4 is 45.9 Å². The number of benzene rings is 4. The molecule has 0 radical (unpaired) electrons. The van der Waals surface area contributed by atoms with Crippen LogP contribution < -0.4 is 33.7 Å². The van der Waals surface area contributed by atoms with Gasteiger partial charge in [-0.15, -0.1) is 0 Å². The molecule has 0 heterocycles. The van der Waals surface area contributed by atoms with Gasteiger partial charge in [0.1, 0.15) is 5.75 Å². The molecule has 0 unspecified atom stereocenters. The van der Waals surface area contributed by atoms with Gasteiger partial charge in [0.2, 0.25) is 0 Å². The molecule has 0 N–H and O–H groups in total. The molecule has 0 aliphatic carbocycles. The molecule has 0 fully saturated rings. The Morgan fingerprint density at radius 2 is 1.02 bits per heavy atom. The molecule has 9 nitrogen and oxygen atoms in total. The van der Waals surface area contributed by atoms with Gasteiger partial charge in [0, 0.05) is 34.1 Å². The van der Waals surface area contributed by atoms with Crippen LogP contribution >= 0.6 is 11.8 Å². The minimum atomic E-state index is -3.58. The van der Waals surface area contributed by atoms with E-state index in [4.69, 9.17) is 12.6 Å². The number of non-ortho nitro benzene ring substituents is 2. The average Bonchev–Trinajstić information content (AvgIpc) is 2.88. The van der Waals surface area contributed by atoms with Gasteiger partial charge in [0.15, 0.2) is 0 Å². The van der Waals surface area contributed by atoms with Crippen molar-refractivity contribution in [3.63, 3.8) is 0 Å². The fourth-order valence-corrected chi connectivity index (χ4v) is 4.13. The topological polar surface area (TPSA) is 130 Å². The van der Waals surface area contributed by atoms with E-state index < -0.39 is 15.0 Å². The molecule has 0 atom stereocenters. The Hall–Kier alpha value is -3.00. The average molecular weight is 609 g/mol. The maximum Gasteiger partial charge on any atom is 1.00 e. The first-order valence-electron chi connectivity index (χ1n) is 11.2. The summed E-state index contributed by atoms with van der Waals surface area (Å²) >= 11 is 6.47. The Labute approximate surface area is 265 Å². The van der Waals surface area contributed by atoms with Gasteiger partial charge >= 0.3 is 39.7 Å². The molecule has 0 aliphatic rings. The van der Waals surface area contributed by atoms with Crippen molar-refractivity contribution in [2.45, 2.75) is 28.5 Å². The van der Waals surface area contributed by atoms with Crippen molar-refractivity contribution in [1.29, 1.82) is 0 Å². The van der Waals surface area contributed by atoms with Crippen LogP contribution in [0.4, 0.5) is 11.4 Å². The summed E-state index contributed by atoms with van der Waals surface area (Å²) in [7, 11) is -3.58. The predicted molar refractivity (Wildman–Crippen MR) is 154 cm³/mol. The molecule has 4 aromatic rings. The van der Waals surface area contributed by atoms with E-state index in [0.29, 0.717) is 0 Å². The van der Waals surface area contributed by atoms with E-state index in [2.05, 4.69) is 11.1 Å². The molecule has 0 saturated carbocycles. The first-order chi connectivity index (χ1) is 18.3. The van der Waals surface area contributed by atoms with Gasteiger partial charge in [-0.25, -0.2) is 0 Å². The van der Waals surface area contributed by atoms with Crippen LogP contribution in [0.25, 0.3) is 0 Å². The van der Waals surface area contributed by atoms with Crippen LogP contribution in [-0.2, 0) is 22.7 Å². The fraction of sp³-hybridized carbons (Fsp3) is 0.111. The zero-order valence-corrected chi connectivity index (χ0v) is 26.7. The summed E-state index contributed by atoms with van der Waals surface area (Å²) in [5.74, 6) is 0.0538. The van der Waals surface area contributed by atoms with Gasteiger partial charge < -0.3 is 16.8 Å². The van der Waals surface area contributed by atoms with Crippen molar-refractivity contribution in [3.05, 3.63) is 128 Å². The van der Waals surface area contributed by atoms with E-state index >= 15 is 0 Å². The van der Waals surface area contributed by atoms with Crippen LogP contribution in [0.3, 0.4) is 0 Å². The first-order valence-corrected chi connectivity index (χ1v) is 14.2. The Bertz CT molecular complexity index is 1460. The van der Waals surface area contributed by atoms with Crippen molar-refractivity contribution in [3.8, 4) is 5.75 Å². The minimum Gasteiger partial charge on any atom is -0.780 e. The standard InChI is InChI=1S/C13H11NO2S.C7H7NO5S.C7H8S.Na/c1-10-2-6-12(7-3-10)17-13-8-4-11(5-9-13)14(15)16;1-14(11,12)13-7-4-2-6(3-5-7)8(9)10;1-6-2-4-7(8)5-3-6;/h2-9H,1H3;2-5H,1H3;2-5,8H,1H3;/q;;;+1/p-1. The minimum absolute atomic E-state index is 0. The summed E-state index contributed by atoms with van der Waals surface area (Å²) in [6, 6.07) is 27.4. The first kappa shape index (κ1) is 35.0. The molecular formula is C27H25N2NaO7S3. The normalized spacial score (nSPS) is 9.97. The summed E-state index contributed by atoms with van der Waals surface area (Å²) in [4.78, 5) is 22.8. The third kappa shape index (κ3) is 13.9. The molecular weight excluding hydrogens is 583 g/mol. The molecule has 40 heavy (non-hydrogen) atoms. The summed E-state index contributed by atoms with van der Waals surface area (Å²) in [6.07, 6.45) is 0.897. The van der Waals surface area contributed by atoms with E-state index in [9.17, 15) is 28.6 Å². The molecule has 0 aromatic heterocycles. The number of nitro groups is 2. The van der Waals surface area contributed by atoms with Gasteiger partial charge in [-0.05, 0) is 50.2 Å². The van der Waals surface area contributed by atoms with Gasteiger partial charge in [-0.3, -0.25) is 20.2 Å². The molecule has 0 spiro atoms. The SMILES string of the molecule is CS(=O)(=O)Oc1ccc([N+](=O)[O-])cc1.Cc1ccc(Sc2ccc([N+](=O)[O-])cc2)cc1.Cc1ccc([S-])cc1.[Na+]. The number of rotatable bonds is 6. The van der Waals surface area contributed by atoms with Crippen molar-refractivity contribution in [2.24, 2.45) is 0 Å². The Balaban J connectivity index is 0.000000314. The quantitative estimate of drug-likeness (QED) is 0.105. The van der Waals surface area contributed by atoms with Crippen molar-refractivity contribution in [1.82, 2.24) is 0 Å².